The van der Waals surface area contributed by atoms with Crippen molar-refractivity contribution in [2.24, 2.45) is 5.92 Å². The second-order valence-electron chi connectivity index (χ2n) is 3.57. The molecule has 0 aromatic carbocycles. The molecule has 0 unspecified atom stereocenters. The fraction of sp³-hybridized carbons (Fsp3) is 0.667. The SMILES string of the molecule is O=C(O)CNC(=O)NCCNC(=O)C1CC1. The van der Waals surface area contributed by atoms with Crippen molar-refractivity contribution in [2.45, 2.75) is 12.8 Å². The fourth-order valence-corrected chi connectivity index (χ4v) is 1.07. The highest BCUT2D eigenvalue weighted by atomic mass is 16.4. The summed E-state index contributed by atoms with van der Waals surface area (Å²) in [5.41, 5.74) is 0. The molecule has 0 radical (unpaired) electrons. The zero-order chi connectivity index (χ0) is 12.0. The van der Waals surface area contributed by atoms with E-state index >= 15 is 0 Å². The lowest BCUT2D eigenvalue weighted by atomic mass is 10.4. The van der Waals surface area contributed by atoms with Crippen LogP contribution >= 0.6 is 0 Å². The van der Waals surface area contributed by atoms with E-state index in [2.05, 4.69) is 16.0 Å². The van der Waals surface area contributed by atoms with Gasteiger partial charge in [0, 0.05) is 19.0 Å². The Bertz CT molecular complexity index is 288. The summed E-state index contributed by atoms with van der Waals surface area (Å²) >= 11 is 0. The van der Waals surface area contributed by atoms with Crippen molar-refractivity contribution in [1.82, 2.24) is 16.0 Å². The number of carboxylic acid groups (broad SMARTS) is 1. The van der Waals surface area contributed by atoms with Crippen LogP contribution in [-0.2, 0) is 9.59 Å². The number of amides is 3. The van der Waals surface area contributed by atoms with E-state index in [1.54, 1.807) is 0 Å². The van der Waals surface area contributed by atoms with Crippen molar-refractivity contribution in [1.29, 1.82) is 0 Å². The van der Waals surface area contributed by atoms with Crippen LogP contribution in [0.4, 0.5) is 4.79 Å². The number of nitrogens with one attached hydrogen (secondary N) is 3. The number of rotatable bonds is 6. The van der Waals surface area contributed by atoms with Gasteiger partial charge in [-0.3, -0.25) is 9.59 Å². The first-order valence-electron chi connectivity index (χ1n) is 5.11. The Morgan fingerprint density at radius 3 is 2.25 bits per heavy atom. The smallest absolute Gasteiger partial charge is 0.323 e. The summed E-state index contributed by atoms with van der Waals surface area (Å²) in [6.45, 7) is 0.222. The highest BCUT2D eigenvalue weighted by Gasteiger charge is 2.28. The molecular weight excluding hydrogens is 214 g/mol. The molecule has 7 heteroatoms. The van der Waals surface area contributed by atoms with Gasteiger partial charge in [-0.15, -0.1) is 0 Å². The quantitative estimate of drug-likeness (QED) is 0.433. The summed E-state index contributed by atoms with van der Waals surface area (Å²) in [6, 6.07) is -0.553. The van der Waals surface area contributed by atoms with Crippen molar-refractivity contribution in [3.05, 3.63) is 0 Å². The third-order valence-corrected chi connectivity index (χ3v) is 2.06. The number of hydrogen-bond donors (Lipinski definition) is 4. The first-order valence-corrected chi connectivity index (χ1v) is 5.11. The molecule has 0 saturated heterocycles. The lowest BCUT2D eigenvalue weighted by Crippen LogP contribution is -2.42. The average molecular weight is 229 g/mol. The summed E-state index contributed by atoms with van der Waals surface area (Å²) < 4.78 is 0. The van der Waals surface area contributed by atoms with Gasteiger partial charge in [0.1, 0.15) is 6.54 Å². The Morgan fingerprint density at radius 1 is 1.06 bits per heavy atom. The van der Waals surface area contributed by atoms with Crippen LogP contribution < -0.4 is 16.0 Å². The molecule has 0 aromatic rings. The highest BCUT2D eigenvalue weighted by molar-refractivity contribution is 5.81. The number of urea groups is 1. The number of carbonyl (C=O) groups excluding carboxylic acids is 2. The molecule has 1 aliphatic carbocycles. The molecule has 0 heterocycles. The molecule has 1 fully saturated rings. The second-order valence-corrected chi connectivity index (χ2v) is 3.57. The first-order chi connectivity index (χ1) is 7.59. The summed E-state index contributed by atoms with van der Waals surface area (Å²) in [5.74, 6) is -0.925. The number of hydrogen-bond acceptors (Lipinski definition) is 3. The third-order valence-electron chi connectivity index (χ3n) is 2.06. The van der Waals surface area contributed by atoms with E-state index in [0.717, 1.165) is 12.8 Å². The van der Waals surface area contributed by atoms with E-state index in [0.29, 0.717) is 6.54 Å². The molecule has 1 saturated carbocycles. The zero-order valence-corrected chi connectivity index (χ0v) is 8.78. The number of carboxylic acids is 1. The van der Waals surface area contributed by atoms with Gasteiger partial charge in [-0.25, -0.2) is 4.79 Å². The predicted molar refractivity (Wildman–Crippen MR) is 54.8 cm³/mol. The van der Waals surface area contributed by atoms with E-state index in [-0.39, 0.29) is 18.4 Å². The van der Waals surface area contributed by atoms with Gasteiger partial charge in [-0.1, -0.05) is 0 Å². The van der Waals surface area contributed by atoms with E-state index in [4.69, 9.17) is 5.11 Å². The molecule has 0 atom stereocenters. The molecule has 1 aliphatic rings. The molecule has 0 bridgehead atoms. The van der Waals surface area contributed by atoms with Gasteiger partial charge >= 0.3 is 12.0 Å². The maximum absolute atomic E-state index is 11.1. The van der Waals surface area contributed by atoms with Crippen LogP contribution in [0.15, 0.2) is 0 Å². The van der Waals surface area contributed by atoms with Crippen LogP contribution in [0.5, 0.6) is 0 Å². The third kappa shape index (κ3) is 5.18. The molecular formula is C9H15N3O4. The van der Waals surface area contributed by atoms with Crippen LogP contribution in [0.3, 0.4) is 0 Å². The minimum atomic E-state index is -1.10. The average Bonchev–Trinajstić information content (AvgIpc) is 3.04. The van der Waals surface area contributed by atoms with Gasteiger partial charge in [0.25, 0.3) is 0 Å². The van der Waals surface area contributed by atoms with E-state index < -0.39 is 18.5 Å². The van der Waals surface area contributed by atoms with Crippen molar-refractivity contribution in [3.63, 3.8) is 0 Å². The van der Waals surface area contributed by atoms with Crippen molar-refractivity contribution < 1.29 is 19.5 Å². The van der Waals surface area contributed by atoms with Crippen molar-refractivity contribution in [3.8, 4) is 0 Å². The molecule has 0 aliphatic heterocycles. The zero-order valence-electron chi connectivity index (χ0n) is 8.78. The summed E-state index contributed by atoms with van der Waals surface area (Å²) in [5, 5.41) is 15.5. The van der Waals surface area contributed by atoms with Gasteiger partial charge in [0.15, 0.2) is 0 Å². The summed E-state index contributed by atoms with van der Waals surface area (Å²) in [7, 11) is 0. The monoisotopic (exact) mass is 229 g/mol. The van der Waals surface area contributed by atoms with Crippen LogP contribution in [0, 0.1) is 5.92 Å². The topological polar surface area (TPSA) is 108 Å². The normalized spacial score (nSPS) is 14.0. The molecule has 90 valence electrons. The summed E-state index contributed by atoms with van der Waals surface area (Å²) in [4.78, 5) is 32.2. The molecule has 3 amide bonds. The van der Waals surface area contributed by atoms with E-state index in [9.17, 15) is 14.4 Å². The molecule has 16 heavy (non-hydrogen) atoms. The molecule has 1 rings (SSSR count). The van der Waals surface area contributed by atoms with Gasteiger partial charge < -0.3 is 21.1 Å². The number of aliphatic carboxylic acids is 1. The molecule has 4 N–H and O–H groups in total. The van der Waals surface area contributed by atoms with Crippen molar-refractivity contribution >= 4 is 17.9 Å². The van der Waals surface area contributed by atoms with Crippen LogP contribution in [0.2, 0.25) is 0 Å². The Kier molecular flexibility index (Phi) is 4.56. The highest BCUT2D eigenvalue weighted by Crippen LogP contribution is 2.28. The Morgan fingerprint density at radius 2 is 1.69 bits per heavy atom. The maximum atomic E-state index is 11.1. The summed E-state index contributed by atoms with van der Waals surface area (Å²) in [6.07, 6.45) is 1.89. The molecule has 0 spiro atoms. The van der Waals surface area contributed by atoms with Gasteiger partial charge in [0.2, 0.25) is 5.91 Å². The Hall–Kier alpha value is -1.79. The Labute approximate surface area is 92.6 Å². The van der Waals surface area contributed by atoms with Crippen LogP contribution in [0.25, 0.3) is 0 Å². The number of carbonyl (C=O) groups is 3. The molecule has 0 aromatic heterocycles. The maximum Gasteiger partial charge on any atom is 0.323 e. The fourth-order valence-electron chi connectivity index (χ4n) is 1.07. The predicted octanol–water partition coefficient (Wildman–Crippen LogP) is -1.10. The standard InChI is InChI=1S/C9H15N3O4/c13-7(14)5-12-9(16)11-4-3-10-8(15)6-1-2-6/h6H,1-5H2,(H,10,15)(H,13,14)(H2,11,12,16). The molecule has 7 nitrogen and oxygen atoms in total. The van der Waals surface area contributed by atoms with Crippen LogP contribution in [-0.4, -0.2) is 42.6 Å². The Balaban J connectivity index is 1.95. The van der Waals surface area contributed by atoms with E-state index in [1.165, 1.54) is 0 Å². The van der Waals surface area contributed by atoms with Gasteiger partial charge in [-0.05, 0) is 12.8 Å². The van der Waals surface area contributed by atoms with Crippen LogP contribution in [0.1, 0.15) is 12.8 Å². The van der Waals surface area contributed by atoms with Gasteiger partial charge in [-0.2, -0.15) is 0 Å². The minimum Gasteiger partial charge on any atom is -0.480 e. The first kappa shape index (κ1) is 12.3. The minimum absolute atomic E-state index is 0.0211. The van der Waals surface area contributed by atoms with E-state index in [1.807, 2.05) is 0 Å². The lowest BCUT2D eigenvalue weighted by molar-refractivity contribution is -0.135. The largest absolute Gasteiger partial charge is 0.480 e. The van der Waals surface area contributed by atoms with Crippen molar-refractivity contribution in [2.75, 3.05) is 19.6 Å². The van der Waals surface area contributed by atoms with Gasteiger partial charge in [0.05, 0.1) is 0 Å². The lowest BCUT2D eigenvalue weighted by Gasteiger charge is -2.06. The second kappa shape index (κ2) is 5.94.